The predicted octanol–water partition coefficient (Wildman–Crippen LogP) is 3.98. The van der Waals surface area contributed by atoms with Gasteiger partial charge in [0.05, 0.1) is 5.56 Å². The molecule has 82 valence electrons. The number of ketones is 1. The van der Waals surface area contributed by atoms with Gasteiger partial charge in [0.2, 0.25) is 0 Å². The van der Waals surface area contributed by atoms with Crippen LogP contribution in [0.3, 0.4) is 0 Å². The van der Waals surface area contributed by atoms with Crippen molar-refractivity contribution in [2.75, 3.05) is 0 Å². The van der Waals surface area contributed by atoms with Crippen LogP contribution >= 0.6 is 15.9 Å². The van der Waals surface area contributed by atoms with Gasteiger partial charge in [-0.25, -0.2) is 0 Å². The van der Waals surface area contributed by atoms with Crippen molar-refractivity contribution in [3.05, 3.63) is 33.3 Å². The standard InChI is InChI=1S/C10H8BrF3O/c1-5-3-4-7(11)8(6(2)15)9(5)10(12,13)14/h3-4H,1-2H3. The molecular formula is C10H8BrF3O. The molecule has 0 aromatic heterocycles. The number of hydrogen-bond acceptors (Lipinski definition) is 1. The number of rotatable bonds is 1. The first kappa shape index (κ1) is 12.2. The Hall–Kier alpha value is -0.840. The molecule has 0 unspecified atom stereocenters. The average Bonchev–Trinajstić information content (AvgIpc) is 2.05. The van der Waals surface area contributed by atoms with Gasteiger partial charge in [0.15, 0.2) is 5.78 Å². The summed E-state index contributed by atoms with van der Waals surface area (Å²) in [4.78, 5) is 11.2. The molecular weight excluding hydrogens is 273 g/mol. The minimum Gasteiger partial charge on any atom is -0.294 e. The van der Waals surface area contributed by atoms with Crippen molar-refractivity contribution < 1.29 is 18.0 Å². The highest BCUT2D eigenvalue weighted by molar-refractivity contribution is 9.10. The largest absolute Gasteiger partial charge is 0.417 e. The SMILES string of the molecule is CC(=O)c1c(Br)ccc(C)c1C(F)(F)F. The third kappa shape index (κ3) is 2.40. The van der Waals surface area contributed by atoms with Crippen molar-refractivity contribution in [1.29, 1.82) is 0 Å². The van der Waals surface area contributed by atoms with Gasteiger partial charge in [-0.05, 0) is 25.5 Å². The highest BCUT2D eigenvalue weighted by Crippen LogP contribution is 2.37. The molecule has 5 heteroatoms. The van der Waals surface area contributed by atoms with Crippen LogP contribution in [0.25, 0.3) is 0 Å². The van der Waals surface area contributed by atoms with E-state index in [4.69, 9.17) is 0 Å². The topological polar surface area (TPSA) is 17.1 Å². The van der Waals surface area contributed by atoms with Gasteiger partial charge in [-0.2, -0.15) is 13.2 Å². The van der Waals surface area contributed by atoms with Gasteiger partial charge in [0.25, 0.3) is 0 Å². The van der Waals surface area contributed by atoms with Crippen molar-refractivity contribution in [1.82, 2.24) is 0 Å². The maximum absolute atomic E-state index is 12.7. The Bertz CT molecular complexity index is 410. The Labute approximate surface area is 93.4 Å². The molecule has 0 aliphatic carbocycles. The Kier molecular flexibility index (Phi) is 3.23. The summed E-state index contributed by atoms with van der Waals surface area (Å²) in [5, 5.41) is 0. The lowest BCUT2D eigenvalue weighted by Gasteiger charge is -2.15. The molecule has 0 atom stereocenters. The van der Waals surface area contributed by atoms with Gasteiger partial charge in [-0.1, -0.05) is 22.0 Å². The Morgan fingerprint density at radius 2 is 1.87 bits per heavy atom. The fraction of sp³-hybridized carbons (Fsp3) is 0.300. The third-order valence-corrected chi connectivity index (χ3v) is 2.66. The van der Waals surface area contributed by atoms with E-state index >= 15 is 0 Å². The zero-order valence-electron chi connectivity index (χ0n) is 8.07. The van der Waals surface area contributed by atoms with Crippen LogP contribution in [0.1, 0.15) is 28.4 Å². The summed E-state index contributed by atoms with van der Waals surface area (Å²) in [6.45, 7) is 2.45. The highest BCUT2D eigenvalue weighted by Gasteiger charge is 2.37. The number of carbonyl (C=O) groups is 1. The molecule has 0 amide bonds. The molecule has 1 nitrogen and oxygen atoms in total. The normalized spacial score (nSPS) is 11.6. The summed E-state index contributed by atoms with van der Waals surface area (Å²) in [5.74, 6) is -0.599. The number of carbonyl (C=O) groups excluding carboxylic acids is 1. The Morgan fingerprint density at radius 1 is 1.33 bits per heavy atom. The van der Waals surface area contributed by atoms with E-state index in [2.05, 4.69) is 15.9 Å². The molecule has 0 fully saturated rings. The van der Waals surface area contributed by atoms with Crippen LogP contribution in [-0.4, -0.2) is 5.78 Å². The second-order valence-corrected chi connectivity index (χ2v) is 4.02. The Balaban J connectivity index is 3.60. The third-order valence-electron chi connectivity index (χ3n) is 2.00. The van der Waals surface area contributed by atoms with Gasteiger partial charge in [-0.3, -0.25) is 4.79 Å². The van der Waals surface area contributed by atoms with Crippen LogP contribution in [-0.2, 0) is 6.18 Å². The average molecular weight is 281 g/mol. The molecule has 0 saturated heterocycles. The predicted molar refractivity (Wildman–Crippen MR) is 53.9 cm³/mol. The van der Waals surface area contributed by atoms with Crippen molar-refractivity contribution in [3.8, 4) is 0 Å². The first-order valence-electron chi connectivity index (χ1n) is 4.12. The van der Waals surface area contributed by atoms with Crippen LogP contribution in [0.2, 0.25) is 0 Å². The fourth-order valence-electron chi connectivity index (χ4n) is 1.39. The van der Waals surface area contributed by atoms with E-state index in [0.29, 0.717) is 0 Å². The van der Waals surface area contributed by atoms with E-state index in [-0.39, 0.29) is 15.6 Å². The molecule has 0 N–H and O–H groups in total. The zero-order chi connectivity index (χ0) is 11.8. The van der Waals surface area contributed by atoms with Gasteiger partial charge in [-0.15, -0.1) is 0 Å². The quantitative estimate of drug-likeness (QED) is 0.711. The van der Waals surface area contributed by atoms with Crippen molar-refractivity contribution in [2.45, 2.75) is 20.0 Å². The number of aryl methyl sites for hydroxylation is 1. The molecule has 1 aromatic rings. The molecule has 0 bridgehead atoms. The monoisotopic (exact) mass is 280 g/mol. The smallest absolute Gasteiger partial charge is 0.294 e. The van der Waals surface area contributed by atoms with Gasteiger partial charge in [0.1, 0.15) is 0 Å². The summed E-state index contributed by atoms with van der Waals surface area (Å²) in [6, 6.07) is 2.78. The second-order valence-electron chi connectivity index (χ2n) is 3.17. The lowest BCUT2D eigenvalue weighted by Crippen LogP contribution is -2.14. The van der Waals surface area contributed by atoms with Gasteiger partial charge in [0, 0.05) is 10.0 Å². The van der Waals surface area contributed by atoms with E-state index < -0.39 is 17.5 Å². The number of hydrogen-bond donors (Lipinski definition) is 0. The molecule has 0 radical (unpaired) electrons. The molecule has 1 rings (SSSR count). The summed E-state index contributed by atoms with van der Waals surface area (Å²) >= 11 is 2.95. The molecule has 1 aromatic carbocycles. The minimum atomic E-state index is -4.51. The minimum absolute atomic E-state index is 0.0518. The molecule has 0 heterocycles. The van der Waals surface area contributed by atoms with Gasteiger partial charge < -0.3 is 0 Å². The van der Waals surface area contributed by atoms with Crippen molar-refractivity contribution >= 4 is 21.7 Å². The fourth-order valence-corrected chi connectivity index (χ4v) is 2.00. The van der Waals surface area contributed by atoms with E-state index in [1.165, 1.54) is 19.1 Å². The van der Waals surface area contributed by atoms with Crippen LogP contribution in [0.4, 0.5) is 13.2 Å². The summed E-state index contributed by atoms with van der Waals surface area (Å²) < 4.78 is 38.2. The first-order valence-corrected chi connectivity index (χ1v) is 4.91. The first-order chi connectivity index (χ1) is 6.75. The summed E-state index contributed by atoms with van der Waals surface area (Å²) in [5.41, 5.74) is -1.11. The van der Waals surface area contributed by atoms with Crippen LogP contribution in [0.15, 0.2) is 16.6 Å². The van der Waals surface area contributed by atoms with E-state index in [1.54, 1.807) is 0 Å². The summed E-state index contributed by atoms with van der Waals surface area (Å²) in [6.07, 6.45) is -4.51. The van der Waals surface area contributed by atoms with Crippen LogP contribution < -0.4 is 0 Å². The molecule has 0 spiro atoms. The Morgan fingerprint density at radius 3 is 2.20 bits per heavy atom. The van der Waals surface area contributed by atoms with E-state index in [9.17, 15) is 18.0 Å². The van der Waals surface area contributed by atoms with E-state index in [0.717, 1.165) is 6.92 Å². The number of halogens is 4. The molecule has 0 aliphatic heterocycles. The molecule has 15 heavy (non-hydrogen) atoms. The maximum atomic E-state index is 12.7. The lowest BCUT2D eigenvalue weighted by atomic mass is 9.99. The van der Waals surface area contributed by atoms with Crippen LogP contribution in [0.5, 0.6) is 0 Å². The number of Topliss-reactive ketones (excluding diaryl/α,β-unsaturated/α-hetero) is 1. The number of alkyl halides is 3. The van der Waals surface area contributed by atoms with Crippen molar-refractivity contribution in [3.63, 3.8) is 0 Å². The number of benzene rings is 1. The maximum Gasteiger partial charge on any atom is 0.417 e. The molecule has 0 saturated carbocycles. The summed E-state index contributed by atoms with van der Waals surface area (Å²) in [7, 11) is 0. The zero-order valence-corrected chi connectivity index (χ0v) is 9.66. The van der Waals surface area contributed by atoms with Gasteiger partial charge >= 0.3 is 6.18 Å². The lowest BCUT2D eigenvalue weighted by molar-refractivity contribution is -0.138. The second kappa shape index (κ2) is 3.96. The van der Waals surface area contributed by atoms with E-state index in [1.807, 2.05) is 0 Å². The van der Waals surface area contributed by atoms with Crippen molar-refractivity contribution in [2.24, 2.45) is 0 Å². The molecule has 0 aliphatic rings. The highest BCUT2D eigenvalue weighted by atomic mass is 79.9. The van der Waals surface area contributed by atoms with Crippen LogP contribution in [0, 0.1) is 6.92 Å².